The lowest BCUT2D eigenvalue weighted by Gasteiger charge is -2.17. The molecule has 0 bridgehead atoms. The molecular formula is C26H23ClF3N3O4. The number of carboxylic acid groups (broad SMARTS) is 1. The smallest absolute Gasteiger partial charge is 0.417 e. The van der Waals surface area contributed by atoms with Crippen LogP contribution in [0.4, 0.5) is 18.9 Å². The molecule has 0 spiro atoms. The third-order valence-electron chi connectivity index (χ3n) is 5.56. The Morgan fingerprint density at radius 1 is 1.00 bits per heavy atom. The molecule has 0 unspecified atom stereocenters. The summed E-state index contributed by atoms with van der Waals surface area (Å²) in [6.45, 7) is 4.41. The van der Waals surface area contributed by atoms with Crippen molar-refractivity contribution in [3.05, 3.63) is 92.8 Å². The van der Waals surface area contributed by atoms with E-state index in [2.05, 4.69) is 15.6 Å². The topological polar surface area (TPSA) is 108 Å². The number of carbonyl (C=O) groups excluding carboxylic acids is 2. The fourth-order valence-corrected chi connectivity index (χ4v) is 4.15. The molecule has 7 nitrogen and oxygen atoms in total. The fraction of sp³-hybridized carbons (Fsp3) is 0.231. The molecule has 0 saturated heterocycles. The van der Waals surface area contributed by atoms with Crippen molar-refractivity contribution >= 4 is 35.1 Å². The highest BCUT2D eigenvalue weighted by atomic mass is 35.5. The Bertz CT molecular complexity index is 1340. The van der Waals surface area contributed by atoms with E-state index in [4.69, 9.17) is 11.6 Å². The van der Waals surface area contributed by atoms with Gasteiger partial charge in [0.15, 0.2) is 0 Å². The first-order valence-corrected chi connectivity index (χ1v) is 11.4. The first-order chi connectivity index (χ1) is 17.3. The summed E-state index contributed by atoms with van der Waals surface area (Å²) in [6, 6.07) is 10.3. The maximum atomic E-state index is 13.5. The Morgan fingerprint density at radius 3 is 2.22 bits per heavy atom. The predicted octanol–water partition coefficient (Wildman–Crippen LogP) is 5.36. The van der Waals surface area contributed by atoms with Crippen LogP contribution in [-0.4, -0.2) is 33.9 Å². The third-order valence-corrected chi connectivity index (χ3v) is 5.88. The zero-order valence-corrected chi connectivity index (χ0v) is 20.8. The summed E-state index contributed by atoms with van der Waals surface area (Å²) < 4.78 is 40.5. The van der Waals surface area contributed by atoms with E-state index in [0.717, 1.165) is 6.07 Å². The van der Waals surface area contributed by atoms with Crippen LogP contribution in [0.15, 0.2) is 48.5 Å². The summed E-state index contributed by atoms with van der Waals surface area (Å²) in [4.78, 5) is 41.1. The number of carboxylic acids is 1. The summed E-state index contributed by atoms with van der Waals surface area (Å²) >= 11 is 6.09. The van der Waals surface area contributed by atoms with Gasteiger partial charge in [0.05, 0.1) is 27.4 Å². The molecule has 3 N–H and O–H groups in total. The van der Waals surface area contributed by atoms with E-state index >= 15 is 0 Å². The maximum absolute atomic E-state index is 13.5. The van der Waals surface area contributed by atoms with Crippen molar-refractivity contribution in [1.29, 1.82) is 0 Å². The SMILES string of the molecule is Cc1cc(C(F)(F)F)c(C(=O)Nc2ccc(C[C@H](NC(=O)c3c(C)cccc3Cl)C(=O)O)cc2)c(C)n1. The van der Waals surface area contributed by atoms with Crippen molar-refractivity contribution in [3.8, 4) is 0 Å². The van der Waals surface area contributed by atoms with Crippen LogP contribution in [0.5, 0.6) is 0 Å². The molecule has 3 aromatic rings. The van der Waals surface area contributed by atoms with E-state index in [9.17, 15) is 32.7 Å². The van der Waals surface area contributed by atoms with Gasteiger partial charge in [-0.3, -0.25) is 14.6 Å². The van der Waals surface area contributed by atoms with E-state index in [0.29, 0.717) is 11.1 Å². The molecule has 2 aromatic carbocycles. The van der Waals surface area contributed by atoms with E-state index in [-0.39, 0.29) is 34.1 Å². The second-order valence-electron chi connectivity index (χ2n) is 8.42. The Kier molecular flexibility index (Phi) is 8.22. The number of aryl methyl sites for hydroxylation is 3. The van der Waals surface area contributed by atoms with Crippen molar-refractivity contribution < 1.29 is 32.7 Å². The van der Waals surface area contributed by atoms with Crippen molar-refractivity contribution in [2.24, 2.45) is 0 Å². The van der Waals surface area contributed by atoms with E-state index in [1.165, 1.54) is 44.2 Å². The molecule has 0 aliphatic heterocycles. The highest BCUT2D eigenvalue weighted by molar-refractivity contribution is 6.34. The molecule has 37 heavy (non-hydrogen) atoms. The van der Waals surface area contributed by atoms with Crippen LogP contribution in [0.25, 0.3) is 0 Å². The van der Waals surface area contributed by atoms with Gasteiger partial charge in [0.25, 0.3) is 11.8 Å². The molecule has 1 aromatic heterocycles. The summed E-state index contributed by atoms with van der Waals surface area (Å²) in [6.07, 6.45) is -4.83. The maximum Gasteiger partial charge on any atom is 0.417 e. The lowest BCUT2D eigenvalue weighted by atomic mass is 10.0. The van der Waals surface area contributed by atoms with Gasteiger partial charge in [-0.2, -0.15) is 13.2 Å². The van der Waals surface area contributed by atoms with Gasteiger partial charge in [-0.05, 0) is 56.2 Å². The van der Waals surface area contributed by atoms with Crippen molar-refractivity contribution in [2.75, 3.05) is 5.32 Å². The number of aromatic nitrogens is 1. The van der Waals surface area contributed by atoms with Gasteiger partial charge < -0.3 is 15.7 Å². The monoisotopic (exact) mass is 533 g/mol. The number of nitrogens with one attached hydrogen (secondary N) is 2. The standard InChI is InChI=1S/C26H23ClF3N3O4/c1-13-5-4-6-19(27)21(13)23(34)33-20(25(36)37)12-16-7-9-17(10-8-16)32-24(35)22-15(3)31-14(2)11-18(22)26(28,29)30/h4-11,20H,12H2,1-3H3,(H,32,35)(H,33,34)(H,36,37)/t20-/m0/s1. The minimum absolute atomic E-state index is 0.0600. The van der Waals surface area contributed by atoms with Gasteiger partial charge in [0.2, 0.25) is 0 Å². The summed E-state index contributed by atoms with van der Waals surface area (Å²) in [7, 11) is 0. The molecule has 0 aliphatic carbocycles. The number of nitrogens with zero attached hydrogens (tertiary/aromatic N) is 1. The molecule has 0 saturated carbocycles. The van der Waals surface area contributed by atoms with Gasteiger partial charge >= 0.3 is 12.1 Å². The van der Waals surface area contributed by atoms with Gasteiger partial charge in [-0.25, -0.2) is 4.79 Å². The molecule has 0 radical (unpaired) electrons. The van der Waals surface area contributed by atoms with Crippen LogP contribution in [0.3, 0.4) is 0 Å². The number of alkyl halides is 3. The second-order valence-corrected chi connectivity index (χ2v) is 8.83. The molecule has 2 amide bonds. The second kappa shape index (κ2) is 11.0. The predicted molar refractivity (Wildman–Crippen MR) is 132 cm³/mol. The van der Waals surface area contributed by atoms with E-state index < -0.39 is 41.1 Å². The van der Waals surface area contributed by atoms with Crippen LogP contribution in [-0.2, 0) is 17.4 Å². The number of benzene rings is 2. The summed E-state index contributed by atoms with van der Waals surface area (Å²) in [5.41, 5.74) is -0.124. The van der Waals surface area contributed by atoms with Crippen molar-refractivity contribution in [3.63, 3.8) is 0 Å². The largest absolute Gasteiger partial charge is 0.480 e. The Morgan fingerprint density at radius 2 is 1.65 bits per heavy atom. The number of anilines is 1. The van der Waals surface area contributed by atoms with E-state index in [1.807, 2.05) is 0 Å². The van der Waals surface area contributed by atoms with Crippen LogP contribution in [0.1, 0.15) is 48.8 Å². The summed E-state index contributed by atoms with van der Waals surface area (Å²) in [5.74, 6) is -2.88. The van der Waals surface area contributed by atoms with E-state index in [1.54, 1.807) is 19.1 Å². The summed E-state index contributed by atoms with van der Waals surface area (Å²) in [5, 5.41) is 14.7. The number of aliphatic carboxylic acids is 1. The van der Waals surface area contributed by atoms with Crippen LogP contribution >= 0.6 is 11.6 Å². The number of hydrogen-bond acceptors (Lipinski definition) is 4. The van der Waals surface area contributed by atoms with Gasteiger partial charge in [-0.15, -0.1) is 0 Å². The van der Waals surface area contributed by atoms with Crippen LogP contribution in [0.2, 0.25) is 5.02 Å². The number of carbonyl (C=O) groups is 3. The molecule has 0 aliphatic rings. The zero-order valence-electron chi connectivity index (χ0n) is 20.0. The highest BCUT2D eigenvalue weighted by Crippen LogP contribution is 2.34. The lowest BCUT2D eigenvalue weighted by molar-refractivity contribution is -0.139. The molecule has 11 heteroatoms. The first kappa shape index (κ1) is 27.7. The van der Waals surface area contributed by atoms with Crippen molar-refractivity contribution in [2.45, 2.75) is 39.4 Å². The normalized spacial score (nSPS) is 12.1. The molecule has 0 fully saturated rings. The minimum atomic E-state index is -4.74. The Labute approximate surface area is 215 Å². The molecule has 3 rings (SSSR count). The minimum Gasteiger partial charge on any atom is -0.480 e. The fourth-order valence-electron chi connectivity index (χ4n) is 3.84. The van der Waals surface area contributed by atoms with Gasteiger partial charge in [0.1, 0.15) is 6.04 Å². The molecular weight excluding hydrogens is 511 g/mol. The average Bonchev–Trinajstić information content (AvgIpc) is 2.78. The lowest BCUT2D eigenvalue weighted by Crippen LogP contribution is -2.42. The van der Waals surface area contributed by atoms with Crippen molar-refractivity contribution in [1.82, 2.24) is 10.3 Å². The first-order valence-electron chi connectivity index (χ1n) is 11.0. The molecule has 194 valence electrons. The third kappa shape index (κ3) is 6.65. The average molecular weight is 534 g/mol. The van der Waals surface area contributed by atoms with Gasteiger partial charge in [0, 0.05) is 17.8 Å². The number of amides is 2. The molecule has 1 heterocycles. The number of halogens is 4. The molecule has 1 atom stereocenters. The van der Waals surface area contributed by atoms with Crippen LogP contribution in [0, 0.1) is 20.8 Å². The number of pyridine rings is 1. The zero-order chi connectivity index (χ0) is 27.5. The quantitative estimate of drug-likeness (QED) is 0.379. The number of hydrogen-bond donors (Lipinski definition) is 3. The number of rotatable bonds is 7. The highest BCUT2D eigenvalue weighted by Gasteiger charge is 2.37. The Hall–Kier alpha value is -3.92. The van der Waals surface area contributed by atoms with Gasteiger partial charge in [-0.1, -0.05) is 35.9 Å². The van der Waals surface area contributed by atoms with Crippen LogP contribution < -0.4 is 10.6 Å². The Balaban J connectivity index is 1.75.